The van der Waals surface area contributed by atoms with Gasteiger partial charge in [-0.15, -0.1) is 0 Å². The molecule has 2 saturated heterocycles. The fraction of sp³-hybridized carbons (Fsp3) is 0.722. The highest BCUT2D eigenvalue weighted by atomic mass is 16.5. The summed E-state index contributed by atoms with van der Waals surface area (Å²) in [4.78, 5) is 20.4. The Morgan fingerprint density at radius 2 is 2.04 bits per heavy atom. The molecule has 2 aliphatic heterocycles. The van der Waals surface area contributed by atoms with Crippen LogP contribution in [-0.4, -0.2) is 66.1 Å². The Morgan fingerprint density at radius 3 is 2.78 bits per heavy atom. The summed E-state index contributed by atoms with van der Waals surface area (Å²) in [7, 11) is 0. The molecule has 2 aliphatic rings. The number of carbonyl (C=O) groups excluding carboxylic acids is 1. The molecule has 1 aromatic heterocycles. The lowest BCUT2D eigenvalue weighted by atomic mass is 10.1. The van der Waals surface area contributed by atoms with E-state index in [4.69, 9.17) is 4.74 Å². The summed E-state index contributed by atoms with van der Waals surface area (Å²) >= 11 is 0. The average Bonchev–Trinajstić information content (AvgIpc) is 2.95. The number of rotatable bonds is 4. The minimum Gasteiger partial charge on any atom is -0.375 e. The summed E-state index contributed by atoms with van der Waals surface area (Å²) in [5.74, 6) is 0.110. The van der Waals surface area contributed by atoms with Gasteiger partial charge in [-0.25, -0.2) is 0 Å². The van der Waals surface area contributed by atoms with Crippen LogP contribution in [0.25, 0.3) is 0 Å². The first kappa shape index (κ1) is 16.5. The third-order valence-corrected chi connectivity index (χ3v) is 4.91. The number of hydrogen-bond acceptors (Lipinski definition) is 3. The largest absolute Gasteiger partial charge is 0.375 e. The van der Waals surface area contributed by atoms with Crippen molar-refractivity contribution < 1.29 is 9.53 Å². The second-order valence-corrected chi connectivity index (χ2v) is 6.71. The molecule has 128 valence electrons. The van der Waals surface area contributed by atoms with E-state index in [-0.39, 0.29) is 12.0 Å². The van der Waals surface area contributed by atoms with Gasteiger partial charge >= 0.3 is 0 Å². The van der Waals surface area contributed by atoms with Gasteiger partial charge in [-0.1, -0.05) is 13.3 Å². The van der Waals surface area contributed by atoms with Crippen molar-refractivity contribution in [2.24, 2.45) is 0 Å². The standard InChI is InChI=1S/C18H29N3O2/c1-2-15-7-8-17(19-15)18(22)21-11-6-12-23-16(14-21)13-20-9-4-3-5-10-20/h7-8,16,19H,2-6,9-14H2,1H3/t16-/m1/s1. The summed E-state index contributed by atoms with van der Waals surface area (Å²) in [6, 6.07) is 3.92. The number of piperidine rings is 1. The summed E-state index contributed by atoms with van der Waals surface area (Å²) in [6.07, 6.45) is 5.91. The minimum absolute atomic E-state index is 0.110. The van der Waals surface area contributed by atoms with Gasteiger partial charge in [0, 0.05) is 31.9 Å². The summed E-state index contributed by atoms with van der Waals surface area (Å²) in [5.41, 5.74) is 1.82. The summed E-state index contributed by atoms with van der Waals surface area (Å²) < 4.78 is 6.00. The molecule has 23 heavy (non-hydrogen) atoms. The van der Waals surface area contributed by atoms with Gasteiger partial charge in [0.25, 0.3) is 5.91 Å². The number of nitrogens with zero attached hydrogens (tertiary/aromatic N) is 2. The van der Waals surface area contributed by atoms with E-state index in [1.807, 2.05) is 17.0 Å². The van der Waals surface area contributed by atoms with Gasteiger partial charge in [-0.2, -0.15) is 0 Å². The molecule has 3 heterocycles. The van der Waals surface area contributed by atoms with Crippen LogP contribution in [0.15, 0.2) is 12.1 Å². The minimum atomic E-state index is 0.110. The van der Waals surface area contributed by atoms with Crippen LogP contribution in [0.1, 0.15) is 48.8 Å². The predicted molar refractivity (Wildman–Crippen MR) is 90.7 cm³/mol. The number of H-pyrrole nitrogens is 1. The lowest BCUT2D eigenvalue weighted by Gasteiger charge is -2.31. The van der Waals surface area contributed by atoms with Crippen molar-refractivity contribution in [1.82, 2.24) is 14.8 Å². The lowest BCUT2D eigenvalue weighted by Crippen LogP contribution is -2.44. The molecule has 1 aromatic rings. The Bertz CT molecular complexity index is 508. The van der Waals surface area contributed by atoms with Crippen LogP contribution in [0.5, 0.6) is 0 Å². The smallest absolute Gasteiger partial charge is 0.270 e. The molecule has 1 N–H and O–H groups in total. The molecule has 3 rings (SSSR count). The monoisotopic (exact) mass is 319 g/mol. The first-order valence-electron chi connectivity index (χ1n) is 9.07. The highest BCUT2D eigenvalue weighted by molar-refractivity contribution is 5.92. The van der Waals surface area contributed by atoms with E-state index in [9.17, 15) is 4.79 Å². The van der Waals surface area contributed by atoms with Crippen molar-refractivity contribution in [2.45, 2.75) is 45.1 Å². The molecule has 5 heteroatoms. The van der Waals surface area contributed by atoms with Crippen molar-refractivity contribution in [1.29, 1.82) is 0 Å². The molecule has 1 amide bonds. The molecule has 0 aromatic carbocycles. The molecule has 0 bridgehead atoms. The Labute approximate surface area is 139 Å². The number of aromatic amines is 1. The average molecular weight is 319 g/mol. The van der Waals surface area contributed by atoms with Crippen LogP contribution in [0.2, 0.25) is 0 Å². The number of amides is 1. The summed E-state index contributed by atoms with van der Waals surface area (Å²) in [6.45, 7) is 7.64. The molecular weight excluding hydrogens is 290 g/mol. The number of aromatic nitrogens is 1. The van der Waals surface area contributed by atoms with E-state index in [1.54, 1.807) is 0 Å². The van der Waals surface area contributed by atoms with Crippen LogP contribution in [0.4, 0.5) is 0 Å². The number of carbonyl (C=O) groups is 1. The number of hydrogen-bond donors (Lipinski definition) is 1. The van der Waals surface area contributed by atoms with E-state index < -0.39 is 0 Å². The maximum absolute atomic E-state index is 12.7. The topological polar surface area (TPSA) is 48.6 Å². The molecule has 2 fully saturated rings. The highest BCUT2D eigenvalue weighted by Crippen LogP contribution is 2.15. The second kappa shape index (κ2) is 7.97. The molecule has 5 nitrogen and oxygen atoms in total. The van der Waals surface area contributed by atoms with Crippen LogP contribution in [0, 0.1) is 0 Å². The quantitative estimate of drug-likeness (QED) is 0.926. The first-order valence-corrected chi connectivity index (χ1v) is 9.07. The Morgan fingerprint density at radius 1 is 1.22 bits per heavy atom. The van der Waals surface area contributed by atoms with Crippen LogP contribution >= 0.6 is 0 Å². The molecule has 0 radical (unpaired) electrons. The zero-order valence-electron chi connectivity index (χ0n) is 14.2. The molecule has 0 saturated carbocycles. The fourth-order valence-corrected chi connectivity index (χ4v) is 3.56. The third kappa shape index (κ3) is 4.36. The van der Waals surface area contributed by atoms with Crippen LogP contribution in [-0.2, 0) is 11.2 Å². The van der Waals surface area contributed by atoms with Crippen LogP contribution < -0.4 is 0 Å². The van der Waals surface area contributed by atoms with E-state index in [0.717, 1.165) is 38.2 Å². The van der Waals surface area contributed by atoms with Gasteiger partial charge in [-0.05, 0) is 50.9 Å². The van der Waals surface area contributed by atoms with E-state index in [0.29, 0.717) is 12.2 Å². The third-order valence-electron chi connectivity index (χ3n) is 4.91. The molecule has 0 spiro atoms. The van der Waals surface area contributed by atoms with E-state index >= 15 is 0 Å². The molecule has 0 unspecified atom stereocenters. The van der Waals surface area contributed by atoms with Crippen molar-refractivity contribution in [3.05, 3.63) is 23.5 Å². The Hall–Kier alpha value is -1.33. The fourth-order valence-electron chi connectivity index (χ4n) is 3.56. The van der Waals surface area contributed by atoms with Gasteiger partial charge in [0.1, 0.15) is 5.69 Å². The zero-order valence-corrected chi connectivity index (χ0v) is 14.2. The van der Waals surface area contributed by atoms with Crippen molar-refractivity contribution in [2.75, 3.05) is 39.3 Å². The molecule has 1 atom stereocenters. The Kier molecular flexibility index (Phi) is 5.73. The van der Waals surface area contributed by atoms with Crippen LogP contribution in [0.3, 0.4) is 0 Å². The van der Waals surface area contributed by atoms with Crippen molar-refractivity contribution in [3.8, 4) is 0 Å². The number of ether oxygens (including phenoxy) is 1. The van der Waals surface area contributed by atoms with Gasteiger partial charge in [0.05, 0.1) is 6.10 Å². The maximum atomic E-state index is 12.7. The predicted octanol–water partition coefficient (Wildman–Crippen LogP) is 2.29. The normalized spacial score (nSPS) is 23.7. The summed E-state index contributed by atoms with van der Waals surface area (Å²) in [5, 5.41) is 0. The lowest BCUT2D eigenvalue weighted by molar-refractivity contribution is 0.0215. The van der Waals surface area contributed by atoms with Crippen molar-refractivity contribution in [3.63, 3.8) is 0 Å². The number of aryl methyl sites for hydroxylation is 1. The van der Waals surface area contributed by atoms with Gasteiger partial charge in [0.15, 0.2) is 0 Å². The molecular formula is C18H29N3O2. The number of likely N-dealkylation sites (tertiary alicyclic amines) is 1. The zero-order chi connectivity index (χ0) is 16.1. The van der Waals surface area contributed by atoms with Crippen molar-refractivity contribution >= 4 is 5.91 Å². The highest BCUT2D eigenvalue weighted by Gasteiger charge is 2.26. The van der Waals surface area contributed by atoms with E-state index in [1.165, 1.54) is 32.4 Å². The number of nitrogens with one attached hydrogen (secondary N) is 1. The van der Waals surface area contributed by atoms with Gasteiger partial charge < -0.3 is 19.5 Å². The Balaban J connectivity index is 1.60. The maximum Gasteiger partial charge on any atom is 0.270 e. The van der Waals surface area contributed by atoms with Gasteiger partial charge in [-0.3, -0.25) is 4.79 Å². The van der Waals surface area contributed by atoms with Gasteiger partial charge in [0.2, 0.25) is 0 Å². The first-order chi connectivity index (χ1) is 11.3. The van der Waals surface area contributed by atoms with E-state index in [2.05, 4.69) is 16.8 Å². The SMILES string of the molecule is CCc1ccc(C(=O)N2CCCO[C@H](CN3CCCCC3)C2)[nH]1. The second-order valence-electron chi connectivity index (χ2n) is 6.71. The molecule has 0 aliphatic carbocycles.